The Morgan fingerprint density at radius 1 is 1.08 bits per heavy atom. The highest BCUT2D eigenvalue weighted by atomic mass is 32.2. The van der Waals surface area contributed by atoms with Crippen molar-refractivity contribution in [2.24, 2.45) is 0 Å². The molecule has 3 rings (SSSR count). The number of nitrogens with zero attached hydrogens (tertiary/aromatic N) is 4. The van der Waals surface area contributed by atoms with Crippen molar-refractivity contribution in [3.05, 3.63) is 66.5 Å². The summed E-state index contributed by atoms with van der Waals surface area (Å²) < 4.78 is 41.6. The van der Waals surface area contributed by atoms with E-state index in [1.165, 1.54) is 18.2 Å². The van der Waals surface area contributed by atoms with Crippen LogP contribution < -0.4 is 4.72 Å². The number of halogens is 1. The largest absolute Gasteiger partial charge is 0.327 e. The predicted octanol–water partition coefficient (Wildman–Crippen LogP) is 1.60. The van der Waals surface area contributed by atoms with Crippen molar-refractivity contribution in [3.8, 4) is 11.6 Å². The number of rotatable bonds is 7. The van der Waals surface area contributed by atoms with Crippen molar-refractivity contribution in [3.63, 3.8) is 0 Å². The lowest BCUT2D eigenvalue weighted by molar-refractivity contribution is 0.572. The molecule has 0 saturated heterocycles. The maximum atomic E-state index is 13.1. The quantitative estimate of drug-likeness (QED) is 0.690. The number of imidazole rings is 1. The van der Waals surface area contributed by atoms with E-state index in [2.05, 4.69) is 19.7 Å². The molecule has 25 heavy (non-hydrogen) atoms. The Balaban J connectivity index is 1.61. The van der Waals surface area contributed by atoms with Crippen LogP contribution in [0.3, 0.4) is 0 Å². The topological polar surface area (TPSA) is 89.8 Å². The zero-order valence-corrected chi connectivity index (χ0v) is 14.0. The van der Waals surface area contributed by atoms with Crippen LogP contribution in [-0.4, -0.2) is 34.5 Å². The minimum Gasteiger partial charge on any atom is -0.327 e. The fourth-order valence-corrected chi connectivity index (χ4v) is 3.45. The Kier molecular flexibility index (Phi) is 5.15. The third kappa shape index (κ3) is 4.68. The van der Waals surface area contributed by atoms with E-state index in [0.717, 1.165) is 0 Å². The van der Waals surface area contributed by atoms with Gasteiger partial charge in [-0.05, 0) is 23.8 Å². The van der Waals surface area contributed by atoms with E-state index in [1.54, 1.807) is 41.5 Å². The third-order valence-electron chi connectivity index (χ3n) is 3.40. The second-order valence-corrected chi connectivity index (χ2v) is 7.11. The molecule has 0 radical (unpaired) electrons. The molecular formula is C16H16FN5O2S. The smallest absolute Gasteiger partial charge is 0.215 e. The van der Waals surface area contributed by atoms with Gasteiger partial charge in [0.05, 0.1) is 5.75 Å². The molecule has 1 aromatic carbocycles. The zero-order chi connectivity index (χ0) is 17.7. The van der Waals surface area contributed by atoms with Crippen LogP contribution in [0.25, 0.3) is 11.6 Å². The summed E-state index contributed by atoms with van der Waals surface area (Å²) in [5, 5.41) is 0. The molecule has 0 unspecified atom stereocenters. The first kappa shape index (κ1) is 17.2. The third-order valence-corrected chi connectivity index (χ3v) is 4.76. The molecule has 9 heteroatoms. The van der Waals surface area contributed by atoms with E-state index in [-0.39, 0.29) is 12.3 Å². The highest BCUT2D eigenvalue weighted by Gasteiger charge is 2.13. The summed E-state index contributed by atoms with van der Waals surface area (Å²) in [5.41, 5.74) is 0.397. The van der Waals surface area contributed by atoms with Crippen LogP contribution in [-0.2, 0) is 22.3 Å². The van der Waals surface area contributed by atoms with Gasteiger partial charge in [-0.25, -0.2) is 32.5 Å². The fourth-order valence-electron chi connectivity index (χ4n) is 2.33. The lowest BCUT2D eigenvalue weighted by atomic mass is 10.2. The summed E-state index contributed by atoms with van der Waals surface area (Å²) in [6.45, 7) is 0.545. The van der Waals surface area contributed by atoms with Gasteiger partial charge in [-0.15, -0.1) is 0 Å². The van der Waals surface area contributed by atoms with E-state index in [1.807, 2.05) is 0 Å². The molecule has 0 atom stereocenters. The molecule has 0 fully saturated rings. The average Bonchev–Trinajstić information content (AvgIpc) is 3.03. The van der Waals surface area contributed by atoms with Gasteiger partial charge >= 0.3 is 0 Å². The summed E-state index contributed by atoms with van der Waals surface area (Å²) in [7, 11) is -3.56. The van der Waals surface area contributed by atoms with Gasteiger partial charge in [0.1, 0.15) is 5.82 Å². The van der Waals surface area contributed by atoms with Crippen LogP contribution in [0.1, 0.15) is 5.56 Å². The van der Waals surface area contributed by atoms with E-state index in [4.69, 9.17) is 0 Å². The van der Waals surface area contributed by atoms with Crippen molar-refractivity contribution in [1.29, 1.82) is 0 Å². The molecular weight excluding hydrogens is 345 g/mol. The van der Waals surface area contributed by atoms with E-state index >= 15 is 0 Å². The average molecular weight is 361 g/mol. The molecule has 3 aromatic rings. The Labute approximate surface area is 144 Å². The first-order valence-electron chi connectivity index (χ1n) is 7.54. The molecule has 0 bridgehead atoms. The monoisotopic (exact) mass is 361 g/mol. The minimum atomic E-state index is -3.56. The van der Waals surface area contributed by atoms with Crippen molar-refractivity contribution in [2.75, 3.05) is 6.54 Å². The van der Waals surface area contributed by atoms with Crippen molar-refractivity contribution < 1.29 is 12.8 Å². The second kappa shape index (κ2) is 7.49. The van der Waals surface area contributed by atoms with Gasteiger partial charge < -0.3 is 4.57 Å². The molecule has 0 aliphatic carbocycles. The summed E-state index contributed by atoms with van der Waals surface area (Å²) in [6.07, 6.45) is 6.56. The molecule has 130 valence electrons. The highest BCUT2D eigenvalue weighted by molar-refractivity contribution is 7.88. The number of benzene rings is 1. The number of aromatic nitrogens is 4. The summed E-state index contributed by atoms with van der Waals surface area (Å²) in [4.78, 5) is 12.5. The van der Waals surface area contributed by atoms with Crippen molar-refractivity contribution >= 4 is 10.0 Å². The molecule has 0 aliphatic heterocycles. The van der Waals surface area contributed by atoms with Gasteiger partial charge in [-0.2, -0.15) is 0 Å². The van der Waals surface area contributed by atoms with Crippen molar-refractivity contribution in [2.45, 2.75) is 12.3 Å². The standard InChI is InChI=1S/C16H16FN5O2S/c17-14-4-1-3-13(11-14)12-25(23,24)21-8-10-22-9-7-20-16(22)15-18-5-2-6-19-15/h1-7,9,11,21H,8,10,12H2. The summed E-state index contributed by atoms with van der Waals surface area (Å²) in [5.74, 6) is 0.294. The first-order chi connectivity index (χ1) is 12.0. The Morgan fingerprint density at radius 3 is 2.64 bits per heavy atom. The molecule has 0 amide bonds. The predicted molar refractivity (Wildman–Crippen MR) is 90.3 cm³/mol. The van der Waals surface area contributed by atoms with Gasteiger partial charge in [0.2, 0.25) is 10.0 Å². The number of sulfonamides is 1. The normalized spacial score (nSPS) is 11.6. The molecule has 0 spiro atoms. The lowest BCUT2D eigenvalue weighted by Crippen LogP contribution is -2.28. The summed E-state index contributed by atoms with van der Waals surface area (Å²) in [6, 6.07) is 7.24. The zero-order valence-electron chi connectivity index (χ0n) is 13.2. The molecule has 0 aliphatic rings. The van der Waals surface area contributed by atoms with Crippen LogP contribution in [0.5, 0.6) is 0 Å². The number of nitrogens with one attached hydrogen (secondary N) is 1. The van der Waals surface area contributed by atoms with E-state index in [9.17, 15) is 12.8 Å². The molecule has 7 nitrogen and oxygen atoms in total. The van der Waals surface area contributed by atoms with Gasteiger partial charge in [-0.1, -0.05) is 12.1 Å². The van der Waals surface area contributed by atoms with E-state index < -0.39 is 15.8 Å². The minimum absolute atomic E-state index is 0.174. The van der Waals surface area contributed by atoms with Crippen LogP contribution in [0, 0.1) is 5.82 Å². The number of hydrogen-bond acceptors (Lipinski definition) is 5. The van der Waals surface area contributed by atoms with Gasteiger partial charge in [0.15, 0.2) is 11.6 Å². The second-order valence-electron chi connectivity index (χ2n) is 5.30. The van der Waals surface area contributed by atoms with Crippen LogP contribution in [0.2, 0.25) is 0 Å². The fraction of sp³-hybridized carbons (Fsp3) is 0.188. The maximum absolute atomic E-state index is 13.1. The van der Waals surface area contributed by atoms with Gasteiger partial charge in [0, 0.05) is 37.9 Å². The summed E-state index contributed by atoms with van der Waals surface area (Å²) >= 11 is 0. The van der Waals surface area contributed by atoms with Crippen molar-refractivity contribution in [1.82, 2.24) is 24.2 Å². The van der Waals surface area contributed by atoms with Crippen LogP contribution >= 0.6 is 0 Å². The Hall–Kier alpha value is -2.65. The molecule has 0 saturated carbocycles. The molecule has 2 aromatic heterocycles. The van der Waals surface area contributed by atoms with E-state index in [0.29, 0.717) is 23.8 Å². The first-order valence-corrected chi connectivity index (χ1v) is 9.19. The lowest BCUT2D eigenvalue weighted by Gasteiger charge is -2.09. The maximum Gasteiger partial charge on any atom is 0.215 e. The Bertz CT molecular complexity index is 944. The molecule has 1 N–H and O–H groups in total. The van der Waals surface area contributed by atoms with Gasteiger partial charge in [-0.3, -0.25) is 0 Å². The van der Waals surface area contributed by atoms with Crippen LogP contribution in [0.4, 0.5) is 4.39 Å². The number of hydrogen-bond donors (Lipinski definition) is 1. The van der Waals surface area contributed by atoms with Crippen LogP contribution in [0.15, 0.2) is 55.1 Å². The Morgan fingerprint density at radius 2 is 1.88 bits per heavy atom. The highest BCUT2D eigenvalue weighted by Crippen LogP contribution is 2.11. The molecule has 2 heterocycles. The van der Waals surface area contributed by atoms with Gasteiger partial charge in [0.25, 0.3) is 0 Å². The SMILES string of the molecule is O=S(=O)(Cc1cccc(F)c1)NCCn1ccnc1-c1ncccn1.